The molecule has 1 unspecified atom stereocenters. The van der Waals surface area contributed by atoms with E-state index in [1.807, 2.05) is 30.3 Å². The van der Waals surface area contributed by atoms with Crippen molar-refractivity contribution in [1.82, 2.24) is 30.5 Å². The number of nitrogens with zero attached hydrogens (tertiary/aromatic N) is 6. The summed E-state index contributed by atoms with van der Waals surface area (Å²) in [6, 6.07) is 16.2. The second-order valence-corrected chi connectivity index (χ2v) is 9.50. The predicted molar refractivity (Wildman–Crippen MR) is 147 cm³/mol. The standard InChI is InChI=1S/C27H33N9O4/c1-19(28)29-16-9-8-14-27(15-17-40-18-20-10-4-3-5-11-20,25(39)35(2)32-26-30-33-34-31-26)36-23(37)21-12-6-7-13-22(21)24(36)38/h3-7,10-13H,8-9,14-18H2,1-2H3,(H2,28,29)(H2,30,31,32,33,34). The summed E-state index contributed by atoms with van der Waals surface area (Å²) in [7, 11) is 1.48. The van der Waals surface area contributed by atoms with E-state index >= 15 is 0 Å². The molecule has 0 saturated heterocycles. The van der Waals surface area contributed by atoms with Gasteiger partial charge in [0.05, 0.1) is 23.6 Å². The summed E-state index contributed by atoms with van der Waals surface area (Å²) in [6.07, 6.45) is 1.34. The maximum atomic E-state index is 14.3. The molecule has 1 aliphatic rings. The van der Waals surface area contributed by atoms with Crippen LogP contribution in [-0.4, -0.2) is 79.8 Å². The first-order valence-electron chi connectivity index (χ1n) is 13.0. The van der Waals surface area contributed by atoms with E-state index in [0.29, 0.717) is 31.8 Å². The number of hydrogen-bond donors (Lipinski definition) is 3. The van der Waals surface area contributed by atoms with Crippen LogP contribution in [0.5, 0.6) is 0 Å². The van der Waals surface area contributed by atoms with Crippen molar-refractivity contribution in [2.75, 3.05) is 25.6 Å². The van der Waals surface area contributed by atoms with Crippen molar-refractivity contribution in [2.45, 2.75) is 44.8 Å². The zero-order valence-electron chi connectivity index (χ0n) is 22.5. The number of imide groups is 1. The molecule has 0 radical (unpaired) electrons. The Bertz CT molecular complexity index is 1310. The topological polar surface area (TPSA) is 172 Å². The maximum Gasteiger partial charge on any atom is 0.281 e. The lowest BCUT2D eigenvalue weighted by Gasteiger charge is -2.41. The van der Waals surface area contributed by atoms with Crippen molar-refractivity contribution in [2.24, 2.45) is 10.7 Å². The Balaban J connectivity index is 1.66. The molecule has 3 aromatic rings. The van der Waals surface area contributed by atoms with Gasteiger partial charge in [0.2, 0.25) is 0 Å². The van der Waals surface area contributed by atoms with E-state index in [-0.39, 0.29) is 36.5 Å². The number of fused-ring (bicyclic) bond motifs is 1. The molecule has 1 aliphatic heterocycles. The van der Waals surface area contributed by atoms with Crippen LogP contribution in [0.4, 0.5) is 5.95 Å². The number of likely N-dealkylation sites (N-methyl/N-ethyl adjacent to an activating group) is 1. The van der Waals surface area contributed by atoms with Gasteiger partial charge in [-0.2, -0.15) is 5.21 Å². The number of hydrogen-bond acceptors (Lipinski definition) is 9. The first-order valence-corrected chi connectivity index (χ1v) is 13.0. The number of nitrogens with one attached hydrogen (secondary N) is 2. The van der Waals surface area contributed by atoms with Gasteiger partial charge in [-0.15, -0.1) is 5.10 Å². The van der Waals surface area contributed by atoms with E-state index in [4.69, 9.17) is 10.5 Å². The van der Waals surface area contributed by atoms with Crippen LogP contribution in [0, 0.1) is 0 Å². The SMILES string of the molecule is CC(N)=NCCCCC(CCOCc1ccccc1)(C(=O)N(C)Nc1nn[nH]n1)N1C(=O)c2ccccc2C1=O. The van der Waals surface area contributed by atoms with Gasteiger partial charge in [0.25, 0.3) is 23.7 Å². The number of hydrazine groups is 1. The molecule has 210 valence electrons. The number of carbonyl (C=O) groups excluding carboxylic acids is 3. The number of tetrazole rings is 1. The van der Waals surface area contributed by atoms with Crippen molar-refractivity contribution in [3.8, 4) is 0 Å². The number of aliphatic imine (C=N–C) groups is 1. The average molecular weight is 548 g/mol. The Morgan fingerprint density at radius 1 is 1.07 bits per heavy atom. The Hall–Kier alpha value is -4.65. The minimum atomic E-state index is -1.57. The minimum Gasteiger partial charge on any atom is -0.388 e. The van der Waals surface area contributed by atoms with Gasteiger partial charge in [-0.3, -0.25) is 34.7 Å². The fraction of sp³-hybridized carbons (Fsp3) is 0.370. The Kier molecular flexibility index (Phi) is 9.17. The molecule has 13 heteroatoms. The first-order chi connectivity index (χ1) is 19.3. The fourth-order valence-corrected chi connectivity index (χ4v) is 4.75. The number of amidine groups is 1. The molecular formula is C27H33N9O4. The van der Waals surface area contributed by atoms with Gasteiger partial charge in [0.15, 0.2) is 0 Å². The van der Waals surface area contributed by atoms with Crippen LogP contribution >= 0.6 is 0 Å². The lowest BCUT2D eigenvalue weighted by Crippen LogP contribution is -2.62. The highest BCUT2D eigenvalue weighted by Crippen LogP contribution is 2.36. The summed E-state index contributed by atoms with van der Waals surface area (Å²) in [5.41, 5.74) is 8.35. The number of nitrogens with two attached hydrogens (primary N) is 1. The second kappa shape index (κ2) is 12.9. The second-order valence-electron chi connectivity index (χ2n) is 9.50. The number of rotatable bonds is 14. The molecular weight excluding hydrogens is 514 g/mol. The molecule has 13 nitrogen and oxygen atoms in total. The normalized spacial score (nSPS) is 14.7. The summed E-state index contributed by atoms with van der Waals surface area (Å²) in [5.74, 6) is -1.06. The molecule has 4 rings (SSSR count). The number of unbranched alkanes of at least 4 members (excludes halogenated alkanes) is 1. The van der Waals surface area contributed by atoms with Gasteiger partial charge in [-0.25, -0.2) is 0 Å². The minimum absolute atomic E-state index is 0.0557. The van der Waals surface area contributed by atoms with Crippen molar-refractivity contribution in [3.63, 3.8) is 0 Å². The number of amides is 3. The van der Waals surface area contributed by atoms with Crippen LogP contribution in [0.15, 0.2) is 59.6 Å². The number of benzene rings is 2. The van der Waals surface area contributed by atoms with Gasteiger partial charge in [-0.1, -0.05) is 47.6 Å². The lowest BCUT2D eigenvalue weighted by molar-refractivity contribution is -0.141. The molecule has 2 heterocycles. The zero-order valence-corrected chi connectivity index (χ0v) is 22.5. The summed E-state index contributed by atoms with van der Waals surface area (Å²) in [6.45, 7) is 2.59. The van der Waals surface area contributed by atoms with Crippen LogP contribution in [0.2, 0.25) is 0 Å². The van der Waals surface area contributed by atoms with Gasteiger partial charge >= 0.3 is 0 Å². The third-order valence-corrected chi connectivity index (χ3v) is 6.67. The predicted octanol–water partition coefficient (Wildman–Crippen LogP) is 2.17. The van der Waals surface area contributed by atoms with Crippen molar-refractivity contribution in [3.05, 3.63) is 71.3 Å². The average Bonchev–Trinajstić information content (AvgIpc) is 3.56. The number of ether oxygens (including phenoxy) is 1. The van der Waals surface area contributed by atoms with Crippen LogP contribution in [0.25, 0.3) is 0 Å². The highest BCUT2D eigenvalue weighted by molar-refractivity contribution is 6.23. The molecule has 40 heavy (non-hydrogen) atoms. The summed E-state index contributed by atoms with van der Waals surface area (Å²) in [4.78, 5) is 47.1. The van der Waals surface area contributed by atoms with Gasteiger partial charge in [0, 0.05) is 26.6 Å². The Morgan fingerprint density at radius 2 is 1.75 bits per heavy atom. The van der Waals surface area contributed by atoms with E-state index in [2.05, 4.69) is 31.0 Å². The van der Waals surface area contributed by atoms with Crippen molar-refractivity contribution < 1.29 is 19.1 Å². The maximum absolute atomic E-state index is 14.3. The smallest absolute Gasteiger partial charge is 0.281 e. The van der Waals surface area contributed by atoms with Crippen LogP contribution in [-0.2, 0) is 16.1 Å². The summed E-state index contributed by atoms with van der Waals surface area (Å²) >= 11 is 0. The molecule has 0 bridgehead atoms. The molecule has 0 aliphatic carbocycles. The van der Waals surface area contributed by atoms with Crippen molar-refractivity contribution in [1.29, 1.82) is 0 Å². The van der Waals surface area contributed by atoms with E-state index in [9.17, 15) is 14.4 Å². The summed E-state index contributed by atoms with van der Waals surface area (Å²) in [5, 5.41) is 14.7. The van der Waals surface area contributed by atoms with Crippen LogP contribution in [0.1, 0.15) is 58.9 Å². The molecule has 0 saturated carbocycles. The zero-order chi connectivity index (χ0) is 28.5. The van der Waals surface area contributed by atoms with E-state index in [0.717, 1.165) is 10.5 Å². The fourth-order valence-electron chi connectivity index (χ4n) is 4.75. The quantitative estimate of drug-likeness (QED) is 0.0899. The summed E-state index contributed by atoms with van der Waals surface area (Å²) < 4.78 is 5.96. The molecule has 1 atom stereocenters. The molecule has 2 aromatic carbocycles. The number of carbonyl (C=O) groups is 3. The molecule has 4 N–H and O–H groups in total. The molecule has 0 spiro atoms. The Labute approximate surface area is 231 Å². The van der Waals surface area contributed by atoms with E-state index in [1.165, 1.54) is 12.1 Å². The highest BCUT2D eigenvalue weighted by Gasteiger charge is 2.54. The highest BCUT2D eigenvalue weighted by atomic mass is 16.5. The third-order valence-electron chi connectivity index (χ3n) is 6.67. The molecule has 0 fully saturated rings. The van der Waals surface area contributed by atoms with Crippen molar-refractivity contribution >= 4 is 29.5 Å². The number of aromatic amines is 1. The monoisotopic (exact) mass is 547 g/mol. The molecule has 3 amide bonds. The van der Waals surface area contributed by atoms with E-state index in [1.54, 1.807) is 31.2 Å². The third kappa shape index (κ3) is 6.31. The van der Waals surface area contributed by atoms with E-state index < -0.39 is 23.3 Å². The number of H-pyrrole nitrogens is 1. The number of aromatic nitrogens is 4. The van der Waals surface area contributed by atoms with Crippen LogP contribution < -0.4 is 11.2 Å². The van der Waals surface area contributed by atoms with Gasteiger partial charge in [0.1, 0.15) is 5.54 Å². The van der Waals surface area contributed by atoms with Gasteiger partial charge < -0.3 is 10.5 Å². The largest absolute Gasteiger partial charge is 0.388 e. The van der Waals surface area contributed by atoms with Crippen LogP contribution in [0.3, 0.4) is 0 Å². The molecule has 1 aromatic heterocycles. The van der Waals surface area contributed by atoms with Gasteiger partial charge in [-0.05, 0) is 49.1 Å². The number of anilines is 1. The Morgan fingerprint density at radius 3 is 2.38 bits per heavy atom. The lowest BCUT2D eigenvalue weighted by atomic mass is 9.85. The first kappa shape index (κ1) is 28.4.